The van der Waals surface area contributed by atoms with Crippen molar-refractivity contribution in [1.82, 2.24) is 5.32 Å². The maximum atomic E-state index is 11.5. The van der Waals surface area contributed by atoms with Crippen molar-refractivity contribution < 1.29 is 19.1 Å². The molecule has 0 fully saturated rings. The standard InChI is InChI=1S/C13H16ClNO4/c1-9(13(17)18-2)15-12(16)7-8-19-11-6-4-3-5-10(11)14/h3-6,9H,7-8H2,1-2H3,(H,15,16). The van der Waals surface area contributed by atoms with Gasteiger partial charge in [0.2, 0.25) is 5.91 Å². The normalized spacial score (nSPS) is 11.5. The SMILES string of the molecule is COC(=O)C(C)NC(=O)CCOc1ccccc1Cl. The molecule has 1 amide bonds. The van der Waals surface area contributed by atoms with E-state index in [1.165, 1.54) is 7.11 Å². The Bertz CT molecular complexity index is 450. The molecule has 0 aliphatic rings. The third-order valence-corrected chi connectivity index (χ3v) is 2.67. The van der Waals surface area contributed by atoms with E-state index in [9.17, 15) is 9.59 Å². The Labute approximate surface area is 116 Å². The zero-order valence-electron chi connectivity index (χ0n) is 10.8. The van der Waals surface area contributed by atoms with E-state index < -0.39 is 12.0 Å². The number of methoxy groups -OCH3 is 1. The minimum absolute atomic E-state index is 0.132. The summed E-state index contributed by atoms with van der Waals surface area (Å²) in [4.78, 5) is 22.6. The van der Waals surface area contributed by atoms with Gasteiger partial charge >= 0.3 is 5.97 Å². The number of benzene rings is 1. The van der Waals surface area contributed by atoms with Crippen molar-refractivity contribution in [3.63, 3.8) is 0 Å². The lowest BCUT2D eigenvalue weighted by molar-refractivity contribution is -0.144. The number of hydrogen-bond donors (Lipinski definition) is 1. The fourth-order valence-corrected chi connectivity index (χ4v) is 1.56. The molecule has 5 nitrogen and oxygen atoms in total. The van der Waals surface area contributed by atoms with Crippen molar-refractivity contribution in [2.75, 3.05) is 13.7 Å². The first-order chi connectivity index (χ1) is 9.04. The number of esters is 1. The molecule has 1 aromatic rings. The van der Waals surface area contributed by atoms with Gasteiger partial charge in [-0.2, -0.15) is 0 Å². The first kappa shape index (κ1) is 15.3. The van der Waals surface area contributed by atoms with Crippen molar-refractivity contribution in [1.29, 1.82) is 0 Å². The molecule has 1 atom stereocenters. The molecule has 1 N–H and O–H groups in total. The molecule has 0 radical (unpaired) electrons. The Morgan fingerprint density at radius 1 is 1.37 bits per heavy atom. The van der Waals surface area contributed by atoms with E-state index >= 15 is 0 Å². The van der Waals surface area contributed by atoms with Crippen LogP contribution in [0.4, 0.5) is 0 Å². The van der Waals surface area contributed by atoms with Crippen molar-refractivity contribution in [3.05, 3.63) is 29.3 Å². The van der Waals surface area contributed by atoms with Crippen LogP contribution in [0.3, 0.4) is 0 Å². The van der Waals surface area contributed by atoms with Gasteiger partial charge in [0, 0.05) is 0 Å². The summed E-state index contributed by atoms with van der Waals surface area (Å²) in [5.74, 6) is -0.247. The van der Waals surface area contributed by atoms with Gasteiger partial charge in [-0.1, -0.05) is 23.7 Å². The Morgan fingerprint density at radius 3 is 2.68 bits per heavy atom. The van der Waals surface area contributed by atoms with Crippen molar-refractivity contribution in [3.8, 4) is 5.75 Å². The second-order valence-corrected chi connectivity index (χ2v) is 4.25. The lowest BCUT2D eigenvalue weighted by Gasteiger charge is -2.12. The van der Waals surface area contributed by atoms with Crippen molar-refractivity contribution in [2.24, 2.45) is 0 Å². The van der Waals surface area contributed by atoms with Gasteiger partial charge in [-0.3, -0.25) is 4.79 Å². The molecule has 0 aliphatic carbocycles. The fourth-order valence-electron chi connectivity index (χ4n) is 1.36. The smallest absolute Gasteiger partial charge is 0.328 e. The van der Waals surface area contributed by atoms with Gasteiger partial charge in [-0.05, 0) is 19.1 Å². The van der Waals surface area contributed by atoms with E-state index in [1.807, 2.05) is 0 Å². The summed E-state index contributed by atoms with van der Waals surface area (Å²) in [7, 11) is 1.27. The van der Waals surface area contributed by atoms with Crippen LogP contribution in [0.5, 0.6) is 5.75 Å². The molecule has 0 saturated heterocycles. The van der Waals surface area contributed by atoms with Gasteiger partial charge in [0.25, 0.3) is 0 Å². The van der Waals surface area contributed by atoms with Crippen LogP contribution in [0.15, 0.2) is 24.3 Å². The second-order valence-electron chi connectivity index (χ2n) is 3.84. The Kier molecular flexibility index (Phi) is 6.15. The Hall–Kier alpha value is -1.75. The van der Waals surface area contributed by atoms with Crippen LogP contribution < -0.4 is 10.1 Å². The number of para-hydroxylation sites is 1. The van der Waals surface area contributed by atoms with E-state index in [2.05, 4.69) is 10.1 Å². The maximum Gasteiger partial charge on any atom is 0.328 e. The molecule has 19 heavy (non-hydrogen) atoms. The number of nitrogens with one attached hydrogen (secondary N) is 1. The number of amides is 1. The minimum Gasteiger partial charge on any atom is -0.491 e. The van der Waals surface area contributed by atoms with E-state index in [0.29, 0.717) is 10.8 Å². The number of carbonyl (C=O) groups excluding carboxylic acids is 2. The van der Waals surface area contributed by atoms with Gasteiger partial charge in [0.15, 0.2) is 0 Å². The molecule has 0 heterocycles. The number of hydrogen-bond acceptors (Lipinski definition) is 4. The highest BCUT2D eigenvalue weighted by Gasteiger charge is 2.15. The Balaban J connectivity index is 2.32. The van der Waals surface area contributed by atoms with Gasteiger partial charge < -0.3 is 14.8 Å². The van der Waals surface area contributed by atoms with Crippen LogP contribution in [0.25, 0.3) is 0 Å². The van der Waals surface area contributed by atoms with E-state index in [0.717, 1.165) is 0 Å². The van der Waals surface area contributed by atoms with E-state index in [1.54, 1.807) is 31.2 Å². The van der Waals surface area contributed by atoms with Crippen LogP contribution in [0.2, 0.25) is 5.02 Å². The third-order valence-electron chi connectivity index (χ3n) is 2.36. The summed E-state index contributed by atoms with van der Waals surface area (Å²) in [5.41, 5.74) is 0. The average Bonchev–Trinajstić information content (AvgIpc) is 2.40. The van der Waals surface area contributed by atoms with Gasteiger partial charge in [0.05, 0.1) is 25.2 Å². The van der Waals surface area contributed by atoms with Crippen LogP contribution in [-0.2, 0) is 14.3 Å². The first-order valence-corrected chi connectivity index (χ1v) is 6.17. The molecule has 1 rings (SSSR count). The summed E-state index contributed by atoms with van der Waals surface area (Å²) in [6.07, 6.45) is 0.132. The average molecular weight is 286 g/mol. The molecule has 0 bridgehead atoms. The Morgan fingerprint density at radius 2 is 2.05 bits per heavy atom. The van der Waals surface area contributed by atoms with Crippen LogP contribution >= 0.6 is 11.6 Å². The highest BCUT2D eigenvalue weighted by atomic mass is 35.5. The number of carbonyl (C=O) groups is 2. The first-order valence-electron chi connectivity index (χ1n) is 5.79. The topological polar surface area (TPSA) is 64.6 Å². The molecular formula is C13H16ClNO4. The minimum atomic E-state index is -0.669. The van der Waals surface area contributed by atoms with Crippen LogP contribution in [-0.4, -0.2) is 31.6 Å². The quantitative estimate of drug-likeness (QED) is 0.809. The fraction of sp³-hybridized carbons (Fsp3) is 0.385. The molecule has 0 saturated carbocycles. The summed E-state index contributed by atoms with van der Waals surface area (Å²) < 4.78 is 9.87. The zero-order chi connectivity index (χ0) is 14.3. The number of halogens is 1. The third kappa shape index (κ3) is 5.18. The summed E-state index contributed by atoms with van der Waals surface area (Å²) in [6, 6.07) is 6.34. The molecular weight excluding hydrogens is 270 g/mol. The van der Waals surface area contributed by atoms with Crippen LogP contribution in [0.1, 0.15) is 13.3 Å². The predicted octanol–water partition coefficient (Wildman–Crippen LogP) is 1.79. The zero-order valence-corrected chi connectivity index (χ0v) is 11.6. The molecule has 0 aromatic heterocycles. The van der Waals surface area contributed by atoms with Gasteiger partial charge in [-0.25, -0.2) is 4.79 Å². The highest BCUT2D eigenvalue weighted by Crippen LogP contribution is 2.22. The van der Waals surface area contributed by atoms with Crippen molar-refractivity contribution in [2.45, 2.75) is 19.4 Å². The lowest BCUT2D eigenvalue weighted by Crippen LogP contribution is -2.39. The summed E-state index contributed by atoms with van der Waals surface area (Å²) in [6.45, 7) is 1.74. The molecule has 1 unspecified atom stereocenters. The monoisotopic (exact) mass is 285 g/mol. The lowest BCUT2D eigenvalue weighted by atomic mass is 10.3. The van der Waals surface area contributed by atoms with E-state index in [-0.39, 0.29) is 18.9 Å². The largest absolute Gasteiger partial charge is 0.491 e. The second kappa shape index (κ2) is 7.63. The number of ether oxygens (including phenoxy) is 2. The number of rotatable bonds is 6. The highest BCUT2D eigenvalue weighted by molar-refractivity contribution is 6.32. The van der Waals surface area contributed by atoms with E-state index in [4.69, 9.17) is 16.3 Å². The molecule has 0 spiro atoms. The summed E-state index contributed by atoms with van der Waals surface area (Å²) >= 11 is 5.90. The van der Waals surface area contributed by atoms with Gasteiger partial charge in [-0.15, -0.1) is 0 Å². The molecule has 6 heteroatoms. The molecule has 1 aromatic carbocycles. The summed E-state index contributed by atoms with van der Waals surface area (Å²) in [5, 5.41) is 3.00. The molecule has 104 valence electrons. The van der Waals surface area contributed by atoms with Gasteiger partial charge in [0.1, 0.15) is 11.8 Å². The van der Waals surface area contributed by atoms with Crippen molar-refractivity contribution >= 4 is 23.5 Å². The maximum absolute atomic E-state index is 11.5. The predicted molar refractivity (Wildman–Crippen MR) is 71.2 cm³/mol. The van der Waals surface area contributed by atoms with Crippen LogP contribution in [0, 0.1) is 0 Å². The molecule has 0 aliphatic heterocycles.